The van der Waals surface area contributed by atoms with Gasteiger partial charge in [-0.1, -0.05) is 6.08 Å². The summed E-state index contributed by atoms with van der Waals surface area (Å²) in [7, 11) is 0. The number of rotatable bonds is 0. The van der Waals surface area contributed by atoms with Gasteiger partial charge in [0.1, 0.15) is 0 Å². The second-order valence-corrected chi connectivity index (χ2v) is 4.97. The van der Waals surface area contributed by atoms with Gasteiger partial charge in [-0.2, -0.15) is 0 Å². The van der Waals surface area contributed by atoms with Gasteiger partial charge in [-0.25, -0.2) is 0 Å². The molecular weight excluding hydrogens is 186 g/mol. The molecule has 3 rings (SSSR count). The van der Waals surface area contributed by atoms with Crippen LogP contribution in [-0.2, 0) is 4.79 Å². The predicted molar refractivity (Wildman–Crippen MR) is 60.0 cm³/mol. The highest BCUT2D eigenvalue weighted by Gasteiger charge is 2.40. The zero-order valence-corrected chi connectivity index (χ0v) is 8.98. The largest absolute Gasteiger partial charge is 0.295 e. The smallest absolute Gasteiger partial charge is 0.158 e. The number of allylic oxidation sites excluding steroid dienone is 2. The van der Waals surface area contributed by atoms with Gasteiger partial charge in [0.2, 0.25) is 0 Å². The zero-order chi connectivity index (χ0) is 10.3. The Morgan fingerprint density at radius 1 is 1.27 bits per heavy atom. The van der Waals surface area contributed by atoms with E-state index in [4.69, 9.17) is 0 Å². The van der Waals surface area contributed by atoms with E-state index in [1.165, 1.54) is 18.6 Å². The highest BCUT2D eigenvalue weighted by molar-refractivity contribution is 5.96. The number of aliphatic imine (C=N–C) groups is 1. The van der Waals surface area contributed by atoms with E-state index in [9.17, 15) is 4.79 Å². The van der Waals surface area contributed by atoms with Crippen LogP contribution >= 0.6 is 0 Å². The van der Waals surface area contributed by atoms with Crippen molar-refractivity contribution in [2.75, 3.05) is 6.54 Å². The number of ketones is 1. The topological polar surface area (TPSA) is 29.4 Å². The van der Waals surface area contributed by atoms with E-state index >= 15 is 0 Å². The molecule has 1 heterocycles. The van der Waals surface area contributed by atoms with Crippen LogP contribution in [0.2, 0.25) is 0 Å². The summed E-state index contributed by atoms with van der Waals surface area (Å²) < 4.78 is 0. The van der Waals surface area contributed by atoms with Crippen molar-refractivity contribution in [1.82, 2.24) is 0 Å². The summed E-state index contributed by atoms with van der Waals surface area (Å²) >= 11 is 0. The van der Waals surface area contributed by atoms with Crippen LogP contribution in [0.3, 0.4) is 0 Å². The van der Waals surface area contributed by atoms with Gasteiger partial charge in [0.15, 0.2) is 5.78 Å². The molecule has 0 saturated heterocycles. The van der Waals surface area contributed by atoms with Crippen LogP contribution < -0.4 is 0 Å². The molecule has 80 valence electrons. The van der Waals surface area contributed by atoms with E-state index < -0.39 is 0 Å². The van der Waals surface area contributed by atoms with Crippen LogP contribution in [0.4, 0.5) is 0 Å². The molecule has 0 aromatic heterocycles. The van der Waals surface area contributed by atoms with Gasteiger partial charge >= 0.3 is 0 Å². The van der Waals surface area contributed by atoms with Crippen molar-refractivity contribution in [2.24, 2.45) is 22.7 Å². The number of nitrogens with zero attached hydrogens (tertiary/aromatic N) is 1. The summed E-state index contributed by atoms with van der Waals surface area (Å²) in [6, 6.07) is 0. The van der Waals surface area contributed by atoms with Crippen molar-refractivity contribution in [2.45, 2.75) is 32.1 Å². The third-order valence-corrected chi connectivity index (χ3v) is 4.22. The van der Waals surface area contributed by atoms with Crippen molar-refractivity contribution >= 4 is 11.5 Å². The molecule has 15 heavy (non-hydrogen) atoms. The van der Waals surface area contributed by atoms with Crippen LogP contribution in [0.15, 0.2) is 17.1 Å². The Hall–Kier alpha value is -0.920. The lowest BCUT2D eigenvalue weighted by Gasteiger charge is -2.41. The van der Waals surface area contributed by atoms with Gasteiger partial charge in [-0.3, -0.25) is 9.79 Å². The molecule has 0 aromatic carbocycles. The second kappa shape index (κ2) is 3.58. The van der Waals surface area contributed by atoms with E-state index in [0.29, 0.717) is 23.5 Å². The fourth-order valence-corrected chi connectivity index (χ4v) is 3.49. The number of fused-ring (bicyclic) bond motifs is 3. The predicted octanol–water partition coefficient (Wildman–Crippen LogP) is 2.39. The number of carbonyl (C=O) groups excluding carboxylic acids is 1. The van der Waals surface area contributed by atoms with E-state index in [0.717, 1.165) is 25.8 Å². The van der Waals surface area contributed by atoms with Crippen LogP contribution in [0.1, 0.15) is 32.1 Å². The summed E-state index contributed by atoms with van der Waals surface area (Å²) in [5, 5.41) is 0. The normalized spacial score (nSPS) is 39.3. The molecule has 1 aliphatic heterocycles. The molecule has 2 heteroatoms. The Labute approximate surface area is 90.5 Å². The molecule has 0 aromatic rings. The van der Waals surface area contributed by atoms with Crippen molar-refractivity contribution in [3.8, 4) is 0 Å². The molecule has 0 N–H and O–H groups in total. The molecule has 0 spiro atoms. The van der Waals surface area contributed by atoms with Gasteiger partial charge in [0.05, 0.1) is 0 Å². The van der Waals surface area contributed by atoms with Crippen molar-refractivity contribution in [3.63, 3.8) is 0 Å². The van der Waals surface area contributed by atoms with Crippen molar-refractivity contribution < 1.29 is 4.79 Å². The minimum atomic E-state index is 0.317. The van der Waals surface area contributed by atoms with Crippen LogP contribution in [0.5, 0.6) is 0 Å². The summed E-state index contributed by atoms with van der Waals surface area (Å²) in [5.41, 5.74) is 1.42. The van der Waals surface area contributed by atoms with E-state index in [1.54, 1.807) is 6.08 Å². The highest BCUT2D eigenvalue weighted by Crippen LogP contribution is 2.42. The van der Waals surface area contributed by atoms with Crippen LogP contribution in [-0.4, -0.2) is 18.0 Å². The maximum atomic E-state index is 11.8. The third-order valence-electron chi connectivity index (χ3n) is 4.22. The van der Waals surface area contributed by atoms with Gasteiger partial charge < -0.3 is 0 Å². The summed E-state index contributed by atoms with van der Waals surface area (Å²) in [6.45, 7) is 1.02. The third kappa shape index (κ3) is 1.47. The van der Waals surface area contributed by atoms with Crippen molar-refractivity contribution in [3.05, 3.63) is 12.2 Å². The molecule has 1 saturated carbocycles. The molecule has 3 atom stereocenters. The monoisotopic (exact) mass is 203 g/mol. The first-order valence-electron chi connectivity index (χ1n) is 6.10. The number of hydrogen-bond donors (Lipinski definition) is 0. The molecular formula is C13H17NO. The van der Waals surface area contributed by atoms with Crippen LogP contribution in [0, 0.1) is 17.8 Å². The molecule has 1 unspecified atom stereocenters. The van der Waals surface area contributed by atoms with Crippen molar-refractivity contribution in [1.29, 1.82) is 0 Å². The van der Waals surface area contributed by atoms with E-state index in [2.05, 4.69) is 11.1 Å². The summed E-state index contributed by atoms with van der Waals surface area (Å²) in [4.78, 5) is 16.4. The minimum absolute atomic E-state index is 0.317. The first kappa shape index (κ1) is 9.32. The molecule has 3 aliphatic rings. The maximum absolute atomic E-state index is 11.8. The fourth-order valence-electron chi connectivity index (χ4n) is 3.49. The lowest BCUT2D eigenvalue weighted by Crippen LogP contribution is -2.41. The average molecular weight is 203 g/mol. The van der Waals surface area contributed by atoms with Gasteiger partial charge in [-0.05, 0) is 44.1 Å². The summed E-state index contributed by atoms with van der Waals surface area (Å²) in [5.74, 6) is 1.90. The number of carbonyl (C=O) groups is 1. The first-order valence-corrected chi connectivity index (χ1v) is 6.10. The quantitative estimate of drug-likeness (QED) is 0.594. The standard InChI is InChI=1S/C13H17NO/c15-13-5-1-3-9-10-4-2-8-14-12(10)7-6-11(9)13/h1,5,9-11H,2-4,6-8H2/t9-,10-,11?/m0/s1. The van der Waals surface area contributed by atoms with E-state index in [-0.39, 0.29) is 0 Å². The van der Waals surface area contributed by atoms with Gasteiger partial charge in [0, 0.05) is 24.1 Å². The van der Waals surface area contributed by atoms with Gasteiger partial charge in [0.25, 0.3) is 0 Å². The van der Waals surface area contributed by atoms with Gasteiger partial charge in [-0.15, -0.1) is 0 Å². The SMILES string of the molecule is O=C1C=CC[C@@H]2C1CCC1=NCCC[C@H]12. The molecule has 2 nitrogen and oxygen atoms in total. The minimum Gasteiger partial charge on any atom is -0.295 e. The molecule has 0 radical (unpaired) electrons. The maximum Gasteiger partial charge on any atom is 0.158 e. The lowest BCUT2D eigenvalue weighted by atomic mass is 9.64. The zero-order valence-electron chi connectivity index (χ0n) is 8.98. The molecule has 2 aliphatic carbocycles. The average Bonchev–Trinajstić information content (AvgIpc) is 2.29. The Bertz CT molecular complexity index is 342. The molecule has 1 fully saturated rings. The van der Waals surface area contributed by atoms with E-state index in [1.807, 2.05) is 0 Å². The highest BCUT2D eigenvalue weighted by atomic mass is 16.1. The first-order chi connectivity index (χ1) is 7.36. The fraction of sp³-hybridized carbons (Fsp3) is 0.692. The molecule has 0 bridgehead atoms. The second-order valence-electron chi connectivity index (χ2n) is 4.97. The Balaban J connectivity index is 1.91. The molecule has 0 amide bonds. The lowest BCUT2D eigenvalue weighted by molar-refractivity contribution is -0.121. The Morgan fingerprint density at radius 2 is 2.20 bits per heavy atom. The number of hydrogen-bond acceptors (Lipinski definition) is 2. The Kier molecular flexibility index (Phi) is 2.23. The Morgan fingerprint density at radius 3 is 3.13 bits per heavy atom. The van der Waals surface area contributed by atoms with Crippen LogP contribution in [0.25, 0.3) is 0 Å². The summed E-state index contributed by atoms with van der Waals surface area (Å²) in [6.07, 6.45) is 9.57.